The topological polar surface area (TPSA) is 68.6 Å². The number of ketones is 1. The summed E-state index contributed by atoms with van der Waals surface area (Å²) < 4.78 is 7.21. The third-order valence-corrected chi connectivity index (χ3v) is 5.80. The molecule has 0 N–H and O–H groups in total. The van der Waals surface area contributed by atoms with Crippen LogP contribution >= 0.6 is 11.8 Å². The van der Waals surface area contributed by atoms with Gasteiger partial charge in [-0.3, -0.25) is 14.4 Å². The summed E-state index contributed by atoms with van der Waals surface area (Å²) in [6.07, 6.45) is 0.877. The quantitative estimate of drug-likeness (QED) is 0.503. The van der Waals surface area contributed by atoms with Gasteiger partial charge in [-0.25, -0.2) is 0 Å². The summed E-state index contributed by atoms with van der Waals surface area (Å²) >= 11 is 1.46. The largest absolute Gasteiger partial charge is 0.456 e. The molecule has 1 aromatic heterocycles. The van der Waals surface area contributed by atoms with Gasteiger partial charge in [-0.05, 0) is 31.9 Å². The van der Waals surface area contributed by atoms with Crippen molar-refractivity contribution in [2.75, 3.05) is 24.8 Å². The van der Waals surface area contributed by atoms with Crippen molar-refractivity contribution in [1.29, 1.82) is 0 Å². The van der Waals surface area contributed by atoms with Gasteiger partial charge in [0.1, 0.15) is 6.54 Å². The third kappa shape index (κ3) is 4.84. The Hall–Kier alpha value is -2.54. The van der Waals surface area contributed by atoms with E-state index in [0.717, 1.165) is 24.4 Å². The minimum atomic E-state index is -0.554. The van der Waals surface area contributed by atoms with Crippen molar-refractivity contribution in [2.24, 2.45) is 0 Å². The van der Waals surface area contributed by atoms with E-state index in [-0.39, 0.29) is 24.8 Å². The smallest absolute Gasteiger partial charge is 0.326 e. The molecule has 0 atom stereocenters. The second kappa shape index (κ2) is 9.10. The van der Waals surface area contributed by atoms with E-state index in [4.69, 9.17) is 4.74 Å². The molecule has 148 valence electrons. The van der Waals surface area contributed by atoms with Crippen LogP contribution in [0, 0.1) is 13.8 Å². The van der Waals surface area contributed by atoms with Gasteiger partial charge < -0.3 is 14.2 Å². The highest BCUT2D eigenvalue weighted by Crippen LogP contribution is 2.18. The van der Waals surface area contributed by atoms with Crippen LogP contribution in [0.3, 0.4) is 0 Å². The molecule has 1 amide bonds. The first-order chi connectivity index (χ1) is 13.5. The second-order valence-corrected chi connectivity index (χ2v) is 7.78. The van der Waals surface area contributed by atoms with Gasteiger partial charge in [-0.1, -0.05) is 30.3 Å². The van der Waals surface area contributed by atoms with Gasteiger partial charge in [-0.15, -0.1) is 11.8 Å². The molecular formula is C21H24N2O4S. The highest BCUT2D eigenvalue weighted by atomic mass is 32.2. The van der Waals surface area contributed by atoms with Crippen LogP contribution in [-0.2, 0) is 27.3 Å². The molecule has 0 saturated carbocycles. The third-order valence-electron chi connectivity index (χ3n) is 4.85. The van der Waals surface area contributed by atoms with Crippen molar-refractivity contribution in [1.82, 2.24) is 9.47 Å². The van der Waals surface area contributed by atoms with E-state index in [1.54, 1.807) is 0 Å². The Morgan fingerprint density at radius 1 is 1.18 bits per heavy atom. The van der Waals surface area contributed by atoms with Gasteiger partial charge in [0.2, 0.25) is 11.7 Å². The van der Waals surface area contributed by atoms with Crippen molar-refractivity contribution in [3.05, 3.63) is 58.9 Å². The zero-order valence-corrected chi connectivity index (χ0v) is 17.0. The average Bonchev–Trinajstić information content (AvgIpc) is 3.21. The number of rotatable bonds is 8. The number of hydrogen-bond donors (Lipinski definition) is 0. The SMILES string of the molecule is Cc1cc(C(=O)COC(=O)CN2CSCC2=O)c(C)n1CCc1ccccc1. The molecule has 0 radical (unpaired) electrons. The summed E-state index contributed by atoms with van der Waals surface area (Å²) in [5.41, 5.74) is 3.70. The number of benzene rings is 1. The highest BCUT2D eigenvalue weighted by Gasteiger charge is 2.24. The maximum atomic E-state index is 12.5. The lowest BCUT2D eigenvalue weighted by Crippen LogP contribution is -2.33. The van der Waals surface area contributed by atoms with Crippen LogP contribution in [0.25, 0.3) is 0 Å². The Kier molecular flexibility index (Phi) is 6.57. The maximum absolute atomic E-state index is 12.5. The first-order valence-electron chi connectivity index (χ1n) is 9.20. The van der Waals surface area contributed by atoms with E-state index >= 15 is 0 Å². The van der Waals surface area contributed by atoms with Crippen molar-refractivity contribution >= 4 is 29.4 Å². The normalized spacial score (nSPS) is 13.8. The number of hydrogen-bond acceptors (Lipinski definition) is 5. The number of amides is 1. The van der Waals surface area contributed by atoms with Crippen LogP contribution in [0.15, 0.2) is 36.4 Å². The summed E-state index contributed by atoms with van der Waals surface area (Å²) in [7, 11) is 0. The van der Waals surface area contributed by atoms with Crippen molar-refractivity contribution in [3.63, 3.8) is 0 Å². The Bertz CT molecular complexity index is 876. The predicted molar refractivity (Wildman–Crippen MR) is 108 cm³/mol. The zero-order valence-electron chi connectivity index (χ0n) is 16.1. The van der Waals surface area contributed by atoms with Gasteiger partial charge in [0.15, 0.2) is 6.61 Å². The summed E-state index contributed by atoms with van der Waals surface area (Å²) in [6.45, 7) is 4.25. The average molecular weight is 401 g/mol. The van der Waals surface area contributed by atoms with Crippen LogP contribution in [0.1, 0.15) is 27.3 Å². The van der Waals surface area contributed by atoms with E-state index < -0.39 is 5.97 Å². The number of aryl methyl sites for hydroxylation is 2. The maximum Gasteiger partial charge on any atom is 0.326 e. The molecule has 1 aliphatic rings. The molecule has 0 bridgehead atoms. The Morgan fingerprint density at radius 3 is 2.61 bits per heavy atom. The molecule has 1 aliphatic heterocycles. The minimum Gasteiger partial charge on any atom is -0.456 e. The fraction of sp³-hybridized carbons (Fsp3) is 0.381. The first kappa shape index (κ1) is 20.2. The molecule has 3 rings (SSSR count). The van der Waals surface area contributed by atoms with Crippen LogP contribution in [0.4, 0.5) is 0 Å². The number of ether oxygens (including phenoxy) is 1. The summed E-state index contributed by atoms with van der Waals surface area (Å²) in [5.74, 6) is 0.0258. The molecule has 0 aliphatic carbocycles. The summed E-state index contributed by atoms with van der Waals surface area (Å²) in [6, 6.07) is 12.0. The molecular weight excluding hydrogens is 376 g/mol. The van der Waals surface area contributed by atoms with Crippen LogP contribution in [0.2, 0.25) is 0 Å². The molecule has 2 heterocycles. The second-order valence-electron chi connectivity index (χ2n) is 6.83. The molecule has 1 fully saturated rings. The van der Waals surface area contributed by atoms with Gasteiger partial charge >= 0.3 is 5.97 Å². The van der Waals surface area contributed by atoms with Crippen molar-refractivity contribution in [2.45, 2.75) is 26.8 Å². The Morgan fingerprint density at radius 2 is 1.93 bits per heavy atom. The Balaban J connectivity index is 1.56. The lowest BCUT2D eigenvalue weighted by atomic mass is 10.1. The summed E-state index contributed by atoms with van der Waals surface area (Å²) in [5, 5.41) is 0. The predicted octanol–water partition coefficient (Wildman–Crippen LogP) is 2.61. The van der Waals surface area contributed by atoms with Gasteiger partial charge in [0.25, 0.3) is 0 Å². The Labute approximate surface area is 168 Å². The van der Waals surface area contributed by atoms with E-state index in [1.807, 2.05) is 38.1 Å². The van der Waals surface area contributed by atoms with Crippen LogP contribution < -0.4 is 0 Å². The van der Waals surface area contributed by atoms with Crippen molar-refractivity contribution < 1.29 is 19.1 Å². The monoisotopic (exact) mass is 400 g/mol. The number of esters is 1. The zero-order chi connectivity index (χ0) is 20.1. The lowest BCUT2D eigenvalue weighted by Gasteiger charge is -2.13. The number of carbonyl (C=O) groups is 3. The van der Waals surface area contributed by atoms with E-state index in [2.05, 4.69) is 16.7 Å². The van der Waals surface area contributed by atoms with Crippen LogP contribution in [0.5, 0.6) is 0 Å². The molecule has 1 aromatic carbocycles. The van der Waals surface area contributed by atoms with E-state index in [1.165, 1.54) is 22.2 Å². The molecule has 6 nitrogen and oxygen atoms in total. The number of Topliss-reactive ketones (excluding diaryl/α,β-unsaturated/α-hetero) is 1. The van der Waals surface area contributed by atoms with E-state index in [0.29, 0.717) is 17.2 Å². The lowest BCUT2D eigenvalue weighted by molar-refractivity contribution is -0.146. The van der Waals surface area contributed by atoms with Gasteiger partial charge in [0, 0.05) is 23.5 Å². The standard InChI is InChI=1S/C21H24N2O4S/c1-15-10-18(16(2)23(15)9-8-17-6-4-3-5-7-17)19(24)12-27-21(26)11-22-14-28-13-20(22)25/h3-7,10H,8-9,11-14H2,1-2H3. The molecule has 0 spiro atoms. The fourth-order valence-electron chi connectivity index (χ4n) is 3.28. The van der Waals surface area contributed by atoms with Gasteiger partial charge in [0.05, 0.1) is 11.6 Å². The molecule has 7 heteroatoms. The summed E-state index contributed by atoms with van der Waals surface area (Å²) in [4.78, 5) is 37.4. The molecule has 28 heavy (non-hydrogen) atoms. The van der Waals surface area contributed by atoms with Crippen LogP contribution in [-0.4, -0.2) is 51.9 Å². The molecule has 1 saturated heterocycles. The van der Waals surface area contributed by atoms with Crippen molar-refractivity contribution in [3.8, 4) is 0 Å². The number of thioether (sulfide) groups is 1. The highest BCUT2D eigenvalue weighted by molar-refractivity contribution is 8.00. The molecule has 0 unspecified atom stereocenters. The number of nitrogens with zero attached hydrogens (tertiary/aromatic N) is 2. The first-order valence-corrected chi connectivity index (χ1v) is 10.4. The van der Waals surface area contributed by atoms with E-state index in [9.17, 15) is 14.4 Å². The molecule has 2 aromatic rings. The van der Waals surface area contributed by atoms with Gasteiger partial charge in [-0.2, -0.15) is 0 Å². The fourth-order valence-corrected chi connectivity index (χ4v) is 4.18. The number of aromatic nitrogens is 1. The minimum absolute atomic E-state index is 0.0739. The number of carbonyl (C=O) groups excluding carboxylic acids is 3.